The van der Waals surface area contributed by atoms with Gasteiger partial charge in [-0.1, -0.05) is 6.07 Å². The molecule has 3 aromatic heterocycles. The van der Waals surface area contributed by atoms with Crippen LogP contribution in [0, 0.1) is 0 Å². The molecule has 0 aliphatic carbocycles. The first-order valence-electron chi connectivity index (χ1n) is 7.62. The average Bonchev–Trinajstić information content (AvgIpc) is 3.29. The van der Waals surface area contributed by atoms with Gasteiger partial charge in [-0.25, -0.2) is 4.98 Å². The standard InChI is InChI=1S/C18H16N4OS/c1-21-10-7-14-15(5-4-6-16(14)21)20-17(23)11-13-12-24-18(19-13)22-8-2-3-9-22/h2-10,12H,11H2,1H3,(H,20,23). The highest BCUT2D eigenvalue weighted by Gasteiger charge is 2.11. The summed E-state index contributed by atoms with van der Waals surface area (Å²) in [5.41, 5.74) is 2.71. The van der Waals surface area contributed by atoms with E-state index in [2.05, 4.69) is 10.3 Å². The number of carbonyl (C=O) groups is 1. The van der Waals surface area contributed by atoms with Crippen molar-refractivity contribution >= 4 is 33.8 Å². The lowest BCUT2D eigenvalue weighted by atomic mass is 10.2. The predicted molar refractivity (Wildman–Crippen MR) is 96.7 cm³/mol. The van der Waals surface area contributed by atoms with E-state index in [0.717, 1.165) is 27.4 Å². The molecule has 0 bridgehead atoms. The van der Waals surface area contributed by atoms with Crippen molar-refractivity contribution in [3.05, 3.63) is 66.1 Å². The molecule has 6 heteroatoms. The number of benzene rings is 1. The van der Waals surface area contributed by atoms with Crippen LogP contribution in [0.15, 0.2) is 60.4 Å². The Morgan fingerprint density at radius 2 is 2.00 bits per heavy atom. The summed E-state index contributed by atoms with van der Waals surface area (Å²) in [6.45, 7) is 0. The molecule has 0 aliphatic heterocycles. The Kier molecular flexibility index (Phi) is 3.66. The van der Waals surface area contributed by atoms with Crippen LogP contribution >= 0.6 is 11.3 Å². The quantitative estimate of drug-likeness (QED) is 0.619. The van der Waals surface area contributed by atoms with Gasteiger partial charge in [0.2, 0.25) is 5.91 Å². The van der Waals surface area contributed by atoms with Crippen LogP contribution in [-0.2, 0) is 18.3 Å². The number of hydrogen-bond donors (Lipinski definition) is 1. The van der Waals surface area contributed by atoms with Gasteiger partial charge in [0.1, 0.15) is 0 Å². The van der Waals surface area contributed by atoms with Crippen LogP contribution in [0.1, 0.15) is 5.69 Å². The van der Waals surface area contributed by atoms with E-state index in [1.165, 1.54) is 11.3 Å². The Morgan fingerprint density at radius 3 is 2.83 bits per heavy atom. The molecule has 1 aromatic carbocycles. The van der Waals surface area contributed by atoms with Gasteiger partial charge in [-0.2, -0.15) is 0 Å². The van der Waals surface area contributed by atoms with Gasteiger partial charge in [0, 0.05) is 41.9 Å². The Morgan fingerprint density at radius 1 is 1.17 bits per heavy atom. The summed E-state index contributed by atoms with van der Waals surface area (Å²) in [5, 5.41) is 6.83. The fourth-order valence-corrected chi connectivity index (χ4v) is 3.52. The molecule has 1 amide bonds. The lowest BCUT2D eigenvalue weighted by Crippen LogP contribution is -2.14. The van der Waals surface area contributed by atoms with Gasteiger partial charge in [0.05, 0.1) is 17.8 Å². The van der Waals surface area contributed by atoms with E-state index in [4.69, 9.17) is 0 Å². The van der Waals surface area contributed by atoms with Crippen LogP contribution in [0.4, 0.5) is 5.69 Å². The zero-order chi connectivity index (χ0) is 16.5. The summed E-state index contributed by atoms with van der Waals surface area (Å²) in [6, 6.07) is 11.8. The molecule has 1 N–H and O–H groups in total. The summed E-state index contributed by atoms with van der Waals surface area (Å²) in [4.78, 5) is 16.9. The monoisotopic (exact) mass is 336 g/mol. The maximum Gasteiger partial charge on any atom is 0.230 e. The number of hydrogen-bond acceptors (Lipinski definition) is 3. The maximum absolute atomic E-state index is 12.4. The first kappa shape index (κ1) is 14.7. The summed E-state index contributed by atoms with van der Waals surface area (Å²) in [5.74, 6) is -0.0595. The molecule has 0 aliphatic rings. The minimum atomic E-state index is -0.0595. The van der Waals surface area contributed by atoms with E-state index in [0.29, 0.717) is 0 Å². The SMILES string of the molecule is Cn1ccc2c(NC(=O)Cc3csc(-n4cccc4)n3)cccc21. The highest BCUT2D eigenvalue weighted by Crippen LogP contribution is 2.24. The summed E-state index contributed by atoms with van der Waals surface area (Å²) in [6.07, 6.45) is 6.14. The number of amides is 1. The highest BCUT2D eigenvalue weighted by molar-refractivity contribution is 7.12. The fraction of sp³-hybridized carbons (Fsp3) is 0.111. The molecule has 0 saturated carbocycles. The molecular weight excluding hydrogens is 320 g/mol. The van der Waals surface area contributed by atoms with Crippen molar-refractivity contribution in [3.63, 3.8) is 0 Å². The highest BCUT2D eigenvalue weighted by atomic mass is 32.1. The maximum atomic E-state index is 12.4. The van der Waals surface area contributed by atoms with Crippen LogP contribution in [-0.4, -0.2) is 20.0 Å². The van der Waals surface area contributed by atoms with Gasteiger partial charge in [0.15, 0.2) is 5.13 Å². The van der Waals surface area contributed by atoms with E-state index in [1.54, 1.807) is 0 Å². The number of carbonyl (C=O) groups excluding carboxylic acids is 1. The molecule has 0 atom stereocenters. The molecular formula is C18H16N4OS. The van der Waals surface area contributed by atoms with E-state index < -0.39 is 0 Å². The molecule has 120 valence electrons. The normalized spacial score (nSPS) is 11.0. The number of rotatable bonds is 4. The lowest BCUT2D eigenvalue weighted by molar-refractivity contribution is -0.115. The molecule has 4 rings (SSSR count). The smallest absolute Gasteiger partial charge is 0.230 e. The van der Waals surface area contributed by atoms with Gasteiger partial charge in [-0.05, 0) is 30.3 Å². The summed E-state index contributed by atoms with van der Waals surface area (Å²) >= 11 is 1.53. The van der Waals surface area contributed by atoms with Gasteiger partial charge in [-0.15, -0.1) is 11.3 Å². The van der Waals surface area contributed by atoms with E-state index in [-0.39, 0.29) is 12.3 Å². The third-order valence-corrected chi connectivity index (χ3v) is 4.81. The van der Waals surface area contributed by atoms with E-state index >= 15 is 0 Å². The number of aryl methyl sites for hydroxylation is 1. The fourth-order valence-electron chi connectivity index (χ4n) is 2.73. The summed E-state index contributed by atoms with van der Waals surface area (Å²) < 4.78 is 3.98. The molecule has 3 heterocycles. The van der Waals surface area contributed by atoms with Gasteiger partial charge in [-0.3, -0.25) is 4.79 Å². The zero-order valence-electron chi connectivity index (χ0n) is 13.1. The van der Waals surface area contributed by atoms with E-state index in [1.807, 2.05) is 76.6 Å². The first-order valence-corrected chi connectivity index (χ1v) is 8.50. The van der Waals surface area contributed by atoms with Crippen molar-refractivity contribution < 1.29 is 4.79 Å². The Labute approximate surface area is 143 Å². The molecule has 0 unspecified atom stereocenters. The Balaban J connectivity index is 1.50. The molecule has 5 nitrogen and oxygen atoms in total. The van der Waals surface area contributed by atoms with Crippen LogP contribution in [0.2, 0.25) is 0 Å². The number of anilines is 1. The Hall–Kier alpha value is -2.86. The van der Waals surface area contributed by atoms with Gasteiger partial charge in [0.25, 0.3) is 0 Å². The second-order valence-electron chi connectivity index (χ2n) is 5.60. The van der Waals surface area contributed by atoms with Crippen molar-refractivity contribution in [2.45, 2.75) is 6.42 Å². The molecule has 0 spiro atoms. The molecule has 4 aromatic rings. The lowest BCUT2D eigenvalue weighted by Gasteiger charge is -2.06. The van der Waals surface area contributed by atoms with Crippen molar-refractivity contribution in [2.75, 3.05) is 5.32 Å². The first-order chi connectivity index (χ1) is 11.7. The number of nitrogens with zero attached hydrogens (tertiary/aromatic N) is 3. The van der Waals surface area contributed by atoms with Crippen molar-refractivity contribution in [1.29, 1.82) is 0 Å². The second kappa shape index (κ2) is 5.98. The van der Waals surface area contributed by atoms with Crippen LogP contribution in [0.25, 0.3) is 16.0 Å². The largest absolute Gasteiger partial charge is 0.350 e. The number of thiazole rings is 1. The van der Waals surface area contributed by atoms with Crippen molar-refractivity contribution in [2.24, 2.45) is 7.05 Å². The third-order valence-electron chi connectivity index (χ3n) is 3.91. The van der Waals surface area contributed by atoms with Crippen LogP contribution < -0.4 is 5.32 Å². The zero-order valence-corrected chi connectivity index (χ0v) is 14.0. The number of aromatic nitrogens is 3. The average molecular weight is 336 g/mol. The molecule has 0 fully saturated rings. The molecule has 0 saturated heterocycles. The van der Waals surface area contributed by atoms with Gasteiger partial charge >= 0.3 is 0 Å². The number of nitrogens with one attached hydrogen (secondary N) is 1. The minimum Gasteiger partial charge on any atom is -0.350 e. The number of fused-ring (bicyclic) bond motifs is 1. The Bertz CT molecular complexity index is 997. The third kappa shape index (κ3) is 2.72. The summed E-state index contributed by atoms with van der Waals surface area (Å²) in [7, 11) is 1.99. The van der Waals surface area contributed by atoms with E-state index in [9.17, 15) is 4.79 Å². The topological polar surface area (TPSA) is 51.9 Å². The van der Waals surface area contributed by atoms with Crippen molar-refractivity contribution in [1.82, 2.24) is 14.1 Å². The van der Waals surface area contributed by atoms with Crippen LogP contribution in [0.3, 0.4) is 0 Å². The molecule has 24 heavy (non-hydrogen) atoms. The van der Waals surface area contributed by atoms with Crippen LogP contribution in [0.5, 0.6) is 0 Å². The van der Waals surface area contributed by atoms with Crippen molar-refractivity contribution in [3.8, 4) is 5.13 Å². The second-order valence-corrected chi connectivity index (χ2v) is 6.44. The predicted octanol–water partition coefficient (Wildman–Crippen LogP) is 3.61. The minimum absolute atomic E-state index is 0.0595. The van der Waals surface area contributed by atoms with Gasteiger partial charge < -0.3 is 14.5 Å². The molecule has 0 radical (unpaired) electrons.